The maximum atomic E-state index is 12.5. The van der Waals surface area contributed by atoms with Crippen LogP contribution in [-0.4, -0.2) is 35.7 Å². The minimum atomic E-state index is -0.0846. The summed E-state index contributed by atoms with van der Waals surface area (Å²) in [6.45, 7) is 9.93. The van der Waals surface area contributed by atoms with E-state index in [0.29, 0.717) is 13.0 Å². The van der Waals surface area contributed by atoms with Crippen molar-refractivity contribution < 1.29 is 9.90 Å². The van der Waals surface area contributed by atoms with Gasteiger partial charge in [0.05, 0.1) is 0 Å². The van der Waals surface area contributed by atoms with E-state index in [1.54, 1.807) is 4.90 Å². The van der Waals surface area contributed by atoms with Crippen LogP contribution in [-0.2, 0) is 5.41 Å². The molecule has 0 aliphatic carbocycles. The minimum Gasteiger partial charge on any atom is -0.396 e. The molecular weight excluding hydrogens is 276 g/mol. The molecule has 0 spiro atoms. The maximum Gasteiger partial charge on any atom is 0.321 e. The highest BCUT2D eigenvalue weighted by atomic mass is 16.3. The van der Waals surface area contributed by atoms with E-state index in [2.05, 4.69) is 39.1 Å². The minimum absolute atomic E-state index is 0.0246. The normalized spacial score (nSPS) is 11.3. The summed E-state index contributed by atoms with van der Waals surface area (Å²) in [4.78, 5) is 14.3. The lowest BCUT2D eigenvalue weighted by Gasteiger charge is -2.26. The third kappa shape index (κ3) is 5.68. The number of hydrogen-bond acceptors (Lipinski definition) is 2. The molecule has 0 unspecified atom stereocenters. The quantitative estimate of drug-likeness (QED) is 0.800. The Balaban J connectivity index is 2.84. The Hall–Kier alpha value is -1.55. The highest BCUT2D eigenvalue weighted by Gasteiger charge is 2.20. The topological polar surface area (TPSA) is 52.6 Å². The standard InChI is InChI=1S/C18H30N2O2/c1-5-6-12-20(13-9-14-21)17(22)19-16-11-8-7-10-15(16)18(2,3)4/h7-8,10-11,21H,5-6,9,12-14H2,1-4H3,(H,19,22). The van der Waals surface area contributed by atoms with Crippen LogP contribution in [0.1, 0.15) is 52.5 Å². The number of nitrogens with zero attached hydrogens (tertiary/aromatic N) is 1. The van der Waals surface area contributed by atoms with Gasteiger partial charge in [0.1, 0.15) is 0 Å². The fraction of sp³-hybridized carbons (Fsp3) is 0.611. The number of benzene rings is 1. The summed E-state index contributed by atoms with van der Waals surface area (Å²) in [5.41, 5.74) is 1.97. The van der Waals surface area contributed by atoms with Gasteiger partial charge in [0.15, 0.2) is 0 Å². The van der Waals surface area contributed by atoms with Gasteiger partial charge in [0.25, 0.3) is 0 Å². The smallest absolute Gasteiger partial charge is 0.321 e. The van der Waals surface area contributed by atoms with Crippen LogP contribution >= 0.6 is 0 Å². The Bertz CT molecular complexity index is 458. The SMILES string of the molecule is CCCCN(CCCO)C(=O)Nc1ccccc1C(C)(C)C. The summed E-state index contributed by atoms with van der Waals surface area (Å²) in [5, 5.41) is 12.0. The molecule has 1 aromatic carbocycles. The van der Waals surface area contributed by atoms with Crippen molar-refractivity contribution >= 4 is 11.7 Å². The number of amides is 2. The molecule has 0 aliphatic rings. The lowest BCUT2D eigenvalue weighted by molar-refractivity contribution is 0.201. The number of nitrogens with one attached hydrogen (secondary N) is 1. The summed E-state index contributed by atoms with van der Waals surface area (Å²) in [6, 6.07) is 7.85. The molecule has 2 amide bonds. The number of unbranched alkanes of at least 4 members (excludes halogenated alkanes) is 1. The number of urea groups is 1. The average molecular weight is 306 g/mol. The van der Waals surface area contributed by atoms with Crippen molar-refractivity contribution in [1.82, 2.24) is 4.90 Å². The largest absolute Gasteiger partial charge is 0.396 e. The van der Waals surface area contributed by atoms with E-state index in [-0.39, 0.29) is 18.1 Å². The van der Waals surface area contributed by atoms with Crippen LogP contribution in [0.25, 0.3) is 0 Å². The Morgan fingerprint density at radius 1 is 1.18 bits per heavy atom. The number of aliphatic hydroxyl groups excluding tert-OH is 1. The van der Waals surface area contributed by atoms with Gasteiger partial charge in [0.2, 0.25) is 0 Å². The van der Waals surface area contributed by atoms with Gasteiger partial charge in [-0.05, 0) is 29.9 Å². The predicted molar refractivity (Wildman–Crippen MR) is 92.3 cm³/mol. The molecule has 22 heavy (non-hydrogen) atoms. The molecule has 4 nitrogen and oxygen atoms in total. The van der Waals surface area contributed by atoms with Crippen LogP contribution in [0.3, 0.4) is 0 Å². The van der Waals surface area contributed by atoms with Crippen molar-refractivity contribution in [2.75, 3.05) is 25.0 Å². The first kappa shape index (κ1) is 18.5. The molecule has 124 valence electrons. The van der Waals surface area contributed by atoms with Crippen molar-refractivity contribution in [2.45, 2.75) is 52.4 Å². The van der Waals surface area contributed by atoms with Gasteiger partial charge >= 0.3 is 6.03 Å². The molecule has 1 aromatic rings. The van der Waals surface area contributed by atoms with Gasteiger partial charge < -0.3 is 15.3 Å². The fourth-order valence-corrected chi connectivity index (χ4v) is 2.37. The number of rotatable bonds is 7. The molecule has 0 aliphatic heterocycles. The van der Waals surface area contributed by atoms with Crippen molar-refractivity contribution in [3.05, 3.63) is 29.8 Å². The Morgan fingerprint density at radius 3 is 2.41 bits per heavy atom. The average Bonchev–Trinajstić information content (AvgIpc) is 2.46. The second-order valence-corrected chi connectivity index (χ2v) is 6.64. The van der Waals surface area contributed by atoms with E-state index in [1.165, 1.54) is 0 Å². The van der Waals surface area contributed by atoms with Crippen LogP contribution in [0.5, 0.6) is 0 Å². The molecule has 0 aromatic heterocycles. The first-order chi connectivity index (χ1) is 10.4. The van der Waals surface area contributed by atoms with Gasteiger partial charge in [-0.3, -0.25) is 0 Å². The van der Waals surface area contributed by atoms with E-state index in [4.69, 9.17) is 5.11 Å². The van der Waals surface area contributed by atoms with Gasteiger partial charge in [0, 0.05) is 25.4 Å². The summed E-state index contributed by atoms with van der Waals surface area (Å²) in [6.07, 6.45) is 2.62. The monoisotopic (exact) mass is 306 g/mol. The molecule has 4 heteroatoms. The van der Waals surface area contributed by atoms with Crippen LogP contribution < -0.4 is 5.32 Å². The van der Waals surface area contributed by atoms with Crippen molar-refractivity contribution in [1.29, 1.82) is 0 Å². The third-order valence-corrected chi connectivity index (χ3v) is 3.63. The molecule has 0 bridgehead atoms. The fourth-order valence-electron chi connectivity index (χ4n) is 2.37. The molecule has 0 heterocycles. The number of aliphatic hydroxyl groups is 1. The molecule has 0 atom stereocenters. The van der Waals surface area contributed by atoms with Crippen LogP contribution in [0, 0.1) is 0 Å². The molecule has 0 fully saturated rings. The number of anilines is 1. The third-order valence-electron chi connectivity index (χ3n) is 3.63. The zero-order chi connectivity index (χ0) is 16.6. The number of para-hydroxylation sites is 1. The van der Waals surface area contributed by atoms with Crippen LogP contribution in [0.2, 0.25) is 0 Å². The van der Waals surface area contributed by atoms with Crippen molar-refractivity contribution in [3.63, 3.8) is 0 Å². The molecule has 0 saturated heterocycles. The zero-order valence-corrected chi connectivity index (χ0v) is 14.4. The second-order valence-electron chi connectivity index (χ2n) is 6.64. The van der Waals surface area contributed by atoms with E-state index < -0.39 is 0 Å². The molecular formula is C18H30N2O2. The van der Waals surface area contributed by atoms with Crippen LogP contribution in [0.15, 0.2) is 24.3 Å². The van der Waals surface area contributed by atoms with Gasteiger partial charge in [-0.2, -0.15) is 0 Å². The van der Waals surface area contributed by atoms with E-state index in [9.17, 15) is 4.79 Å². The van der Waals surface area contributed by atoms with E-state index in [1.807, 2.05) is 18.2 Å². The Labute approximate surface area is 134 Å². The zero-order valence-electron chi connectivity index (χ0n) is 14.4. The maximum absolute atomic E-state index is 12.5. The Kier molecular flexibility index (Phi) is 7.39. The number of hydrogen-bond donors (Lipinski definition) is 2. The highest BCUT2D eigenvalue weighted by molar-refractivity contribution is 5.90. The lowest BCUT2D eigenvalue weighted by atomic mass is 9.86. The summed E-state index contributed by atoms with van der Waals surface area (Å²) in [7, 11) is 0. The van der Waals surface area contributed by atoms with Crippen LogP contribution in [0.4, 0.5) is 10.5 Å². The first-order valence-corrected chi connectivity index (χ1v) is 8.16. The van der Waals surface area contributed by atoms with Gasteiger partial charge in [-0.25, -0.2) is 4.79 Å². The first-order valence-electron chi connectivity index (χ1n) is 8.16. The lowest BCUT2D eigenvalue weighted by Crippen LogP contribution is -2.37. The molecule has 1 rings (SSSR count). The second kappa shape index (κ2) is 8.79. The van der Waals surface area contributed by atoms with Crippen molar-refractivity contribution in [3.8, 4) is 0 Å². The molecule has 2 N–H and O–H groups in total. The molecule has 0 radical (unpaired) electrons. The van der Waals surface area contributed by atoms with E-state index in [0.717, 1.165) is 30.6 Å². The Morgan fingerprint density at radius 2 is 1.82 bits per heavy atom. The summed E-state index contributed by atoms with van der Waals surface area (Å²) < 4.78 is 0. The molecule has 0 saturated carbocycles. The van der Waals surface area contributed by atoms with Gasteiger partial charge in [-0.1, -0.05) is 52.3 Å². The predicted octanol–water partition coefficient (Wildman–Crippen LogP) is 4.00. The number of carbonyl (C=O) groups is 1. The van der Waals surface area contributed by atoms with Crippen molar-refractivity contribution in [2.24, 2.45) is 0 Å². The summed E-state index contributed by atoms with van der Waals surface area (Å²) in [5.74, 6) is 0. The summed E-state index contributed by atoms with van der Waals surface area (Å²) >= 11 is 0. The van der Waals surface area contributed by atoms with E-state index >= 15 is 0 Å². The highest BCUT2D eigenvalue weighted by Crippen LogP contribution is 2.29. The number of carbonyl (C=O) groups excluding carboxylic acids is 1. The van der Waals surface area contributed by atoms with Gasteiger partial charge in [-0.15, -0.1) is 0 Å².